The van der Waals surface area contributed by atoms with Gasteiger partial charge in [-0.25, -0.2) is 4.79 Å². The fraction of sp³-hybridized carbons (Fsp3) is 0.167. The number of aliphatic hydroxyl groups is 1. The molecule has 0 saturated carbocycles. The van der Waals surface area contributed by atoms with E-state index in [2.05, 4.69) is 10.1 Å². The summed E-state index contributed by atoms with van der Waals surface area (Å²) in [7, 11) is 0. The van der Waals surface area contributed by atoms with Gasteiger partial charge >= 0.3 is 35.5 Å². The van der Waals surface area contributed by atoms with Crippen LogP contribution in [0.3, 0.4) is 0 Å². The number of carbonyl (C=O) groups excluding carboxylic acids is 2. The van der Waals surface area contributed by atoms with E-state index in [1.807, 2.05) is 0 Å². The number of carbonyl (C=O) groups is 2. The van der Waals surface area contributed by atoms with E-state index >= 15 is 0 Å². The first-order chi connectivity index (χ1) is 8.19. The zero-order chi connectivity index (χ0) is 12.7. The second-order valence-electron chi connectivity index (χ2n) is 3.08. The topological polar surface area (TPSA) is 75.6 Å². The standard InChI is InChI=1S/C12H13NO4.Na/c1-2-17-12(16)10(8-14)13-11(15)9-6-4-3-5-7-9;/h3-8,14H,2H2,1H3,(H,13,15);/q;+1/b10-8-;. The molecule has 0 aliphatic heterocycles. The maximum absolute atomic E-state index is 11.7. The molecular formula is C12H13NNaO4+. The van der Waals surface area contributed by atoms with Crippen LogP contribution in [0.4, 0.5) is 0 Å². The fourth-order valence-corrected chi connectivity index (χ4v) is 1.13. The Morgan fingerprint density at radius 3 is 2.44 bits per heavy atom. The Balaban J connectivity index is 0.00000289. The number of hydrogen-bond donors (Lipinski definition) is 2. The van der Waals surface area contributed by atoms with Gasteiger partial charge in [0.05, 0.1) is 6.61 Å². The van der Waals surface area contributed by atoms with E-state index < -0.39 is 11.9 Å². The van der Waals surface area contributed by atoms with Crippen molar-refractivity contribution in [3.63, 3.8) is 0 Å². The average Bonchev–Trinajstić information content (AvgIpc) is 2.37. The maximum Gasteiger partial charge on any atom is 1.00 e. The number of nitrogens with one attached hydrogen (secondary N) is 1. The zero-order valence-electron chi connectivity index (χ0n) is 10.3. The third-order valence-electron chi connectivity index (χ3n) is 1.91. The van der Waals surface area contributed by atoms with Crippen LogP contribution in [0.1, 0.15) is 17.3 Å². The Kier molecular flexibility index (Phi) is 8.11. The normalized spacial score (nSPS) is 10.2. The summed E-state index contributed by atoms with van der Waals surface area (Å²) in [6.45, 7) is 1.79. The summed E-state index contributed by atoms with van der Waals surface area (Å²) in [4.78, 5) is 22.9. The molecule has 0 unspecified atom stereocenters. The van der Waals surface area contributed by atoms with Crippen LogP contribution in [0.5, 0.6) is 0 Å². The zero-order valence-corrected chi connectivity index (χ0v) is 12.3. The van der Waals surface area contributed by atoms with Crippen molar-refractivity contribution in [2.75, 3.05) is 6.61 Å². The molecule has 0 aliphatic carbocycles. The van der Waals surface area contributed by atoms with Crippen molar-refractivity contribution in [2.24, 2.45) is 0 Å². The second-order valence-corrected chi connectivity index (χ2v) is 3.08. The number of hydrogen-bond acceptors (Lipinski definition) is 4. The molecule has 5 nitrogen and oxygen atoms in total. The quantitative estimate of drug-likeness (QED) is 0.295. The molecule has 6 heteroatoms. The molecule has 0 saturated heterocycles. The van der Waals surface area contributed by atoms with Crippen LogP contribution in [-0.2, 0) is 9.53 Å². The molecule has 0 atom stereocenters. The van der Waals surface area contributed by atoms with Crippen molar-refractivity contribution < 1.29 is 49.0 Å². The molecule has 1 aromatic rings. The minimum Gasteiger partial charge on any atom is -0.513 e. The number of benzene rings is 1. The SMILES string of the molecule is CCOC(=O)/C(=C/O)NC(=O)c1ccccc1.[Na+]. The van der Waals surface area contributed by atoms with Crippen molar-refractivity contribution in [3.05, 3.63) is 47.9 Å². The van der Waals surface area contributed by atoms with Crippen molar-refractivity contribution >= 4 is 11.9 Å². The van der Waals surface area contributed by atoms with Crippen LogP contribution in [0, 0.1) is 0 Å². The Labute approximate surface area is 127 Å². The first kappa shape index (κ1) is 16.7. The summed E-state index contributed by atoms with van der Waals surface area (Å²) in [6.07, 6.45) is 0.513. The predicted octanol–water partition coefficient (Wildman–Crippen LogP) is -1.62. The molecule has 0 spiro atoms. The van der Waals surface area contributed by atoms with Crippen LogP contribution in [0.15, 0.2) is 42.3 Å². The first-order valence-corrected chi connectivity index (χ1v) is 5.07. The molecule has 0 heterocycles. The Hall–Kier alpha value is -1.30. The van der Waals surface area contributed by atoms with Gasteiger partial charge < -0.3 is 15.2 Å². The van der Waals surface area contributed by atoms with E-state index in [0.29, 0.717) is 11.8 Å². The van der Waals surface area contributed by atoms with Gasteiger partial charge in [-0.1, -0.05) is 18.2 Å². The molecule has 1 amide bonds. The van der Waals surface area contributed by atoms with Crippen molar-refractivity contribution in [1.82, 2.24) is 5.32 Å². The van der Waals surface area contributed by atoms with Crippen LogP contribution in [-0.4, -0.2) is 23.6 Å². The number of rotatable bonds is 4. The van der Waals surface area contributed by atoms with Gasteiger partial charge in [-0.2, -0.15) is 0 Å². The molecule has 0 radical (unpaired) electrons. The van der Waals surface area contributed by atoms with Gasteiger partial charge in [0.25, 0.3) is 5.91 Å². The van der Waals surface area contributed by atoms with Crippen LogP contribution in [0.2, 0.25) is 0 Å². The predicted molar refractivity (Wildman–Crippen MR) is 61.3 cm³/mol. The van der Waals surface area contributed by atoms with E-state index in [9.17, 15) is 9.59 Å². The Morgan fingerprint density at radius 2 is 1.94 bits per heavy atom. The third-order valence-corrected chi connectivity index (χ3v) is 1.91. The number of aliphatic hydroxyl groups excluding tert-OH is 1. The van der Waals surface area contributed by atoms with Gasteiger partial charge in [-0.3, -0.25) is 4.79 Å². The summed E-state index contributed by atoms with van der Waals surface area (Å²) in [5.74, 6) is -1.27. The summed E-state index contributed by atoms with van der Waals surface area (Å²) < 4.78 is 4.65. The Bertz CT molecular complexity index is 431. The average molecular weight is 258 g/mol. The van der Waals surface area contributed by atoms with Crippen molar-refractivity contribution in [2.45, 2.75) is 6.92 Å². The van der Waals surface area contributed by atoms with E-state index in [4.69, 9.17) is 5.11 Å². The molecule has 0 bridgehead atoms. The molecule has 1 rings (SSSR count). The van der Waals surface area contributed by atoms with Gasteiger partial charge in [0.1, 0.15) is 6.26 Å². The van der Waals surface area contributed by atoms with Gasteiger partial charge in [-0.15, -0.1) is 0 Å². The maximum atomic E-state index is 11.7. The molecule has 0 fully saturated rings. The van der Waals surface area contributed by atoms with Gasteiger partial charge in [-0.05, 0) is 19.1 Å². The second kappa shape index (κ2) is 8.74. The number of esters is 1. The molecule has 90 valence electrons. The molecule has 0 aliphatic rings. The largest absolute Gasteiger partial charge is 1.00 e. The molecule has 2 N–H and O–H groups in total. The third kappa shape index (κ3) is 4.91. The van der Waals surface area contributed by atoms with E-state index in [-0.39, 0.29) is 41.9 Å². The summed E-state index contributed by atoms with van der Waals surface area (Å²) >= 11 is 0. The number of ether oxygens (including phenoxy) is 1. The van der Waals surface area contributed by atoms with E-state index in [1.165, 1.54) is 0 Å². The molecule has 1 aromatic carbocycles. The first-order valence-electron chi connectivity index (χ1n) is 5.07. The van der Waals surface area contributed by atoms with Gasteiger partial charge in [0, 0.05) is 5.56 Å². The van der Waals surface area contributed by atoms with Crippen LogP contribution >= 0.6 is 0 Å². The van der Waals surface area contributed by atoms with Gasteiger partial charge in [0.15, 0.2) is 5.70 Å². The smallest absolute Gasteiger partial charge is 0.513 e. The van der Waals surface area contributed by atoms with Crippen LogP contribution < -0.4 is 34.9 Å². The molecule has 18 heavy (non-hydrogen) atoms. The number of amides is 1. The van der Waals surface area contributed by atoms with Crippen molar-refractivity contribution in [1.29, 1.82) is 0 Å². The fourth-order valence-electron chi connectivity index (χ4n) is 1.13. The minimum absolute atomic E-state index is 0. The molecule has 0 aromatic heterocycles. The molecular weight excluding hydrogens is 245 g/mol. The minimum atomic E-state index is -0.778. The van der Waals surface area contributed by atoms with Crippen molar-refractivity contribution in [3.8, 4) is 0 Å². The summed E-state index contributed by atoms with van der Waals surface area (Å²) in [5, 5.41) is 11.1. The van der Waals surface area contributed by atoms with E-state index in [0.717, 1.165) is 0 Å². The van der Waals surface area contributed by atoms with Gasteiger partial charge in [0.2, 0.25) is 0 Å². The van der Waals surface area contributed by atoms with Crippen LogP contribution in [0.25, 0.3) is 0 Å². The summed E-state index contributed by atoms with van der Waals surface area (Å²) in [6, 6.07) is 8.35. The summed E-state index contributed by atoms with van der Waals surface area (Å²) in [5.41, 5.74) is 0.0943. The Morgan fingerprint density at radius 1 is 1.33 bits per heavy atom. The monoisotopic (exact) mass is 258 g/mol. The van der Waals surface area contributed by atoms with E-state index in [1.54, 1.807) is 37.3 Å².